The van der Waals surface area contributed by atoms with Crippen LogP contribution in [0.5, 0.6) is 0 Å². The Bertz CT molecular complexity index is 810. The monoisotopic (exact) mass is 463 g/mol. The molecule has 2 aliphatic rings. The minimum Gasteiger partial charge on any atom is -0.394 e. The first kappa shape index (κ1) is 21.3. The van der Waals surface area contributed by atoms with E-state index in [1.54, 1.807) is 11.8 Å². The summed E-state index contributed by atoms with van der Waals surface area (Å²) in [5, 5.41) is 8.79. The highest BCUT2D eigenvalue weighted by Crippen LogP contribution is 2.40. The van der Waals surface area contributed by atoms with E-state index in [2.05, 4.69) is 58.3 Å². The van der Waals surface area contributed by atoms with E-state index in [0.717, 1.165) is 44.2 Å². The van der Waals surface area contributed by atoms with Crippen LogP contribution in [0.2, 0.25) is 0 Å². The lowest BCUT2D eigenvalue weighted by Gasteiger charge is -2.36. The third-order valence-electron chi connectivity index (χ3n) is 4.90. The van der Waals surface area contributed by atoms with Crippen molar-refractivity contribution in [2.75, 3.05) is 52.5 Å². The third-order valence-corrected chi connectivity index (χ3v) is 6.04. The predicted octanol–water partition coefficient (Wildman–Crippen LogP) is 3.43. The van der Waals surface area contributed by atoms with E-state index in [1.807, 2.05) is 0 Å². The molecule has 150 valence electrons. The second-order valence-electron chi connectivity index (χ2n) is 6.67. The van der Waals surface area contributed by atoms with Crippen molar-refractivity contribution in [3.63, 3.8) is 0 Å². The first-order valence-electron chi connectivity index (χ1n) is 9.46. The lowest BCUT2D eigenvalue weighted by Crippen LogP contribution is -2.49. The minimum atomic E-state index is 0. The molecule has 0 bridgehead atoms. The fraction of sp³-hybridized carbons (Fsp3) is 0.381. The standard InChI is InChI=1S/C21H25N3O2S.BrH/c25-14-16-26-15-13-23-9-11-24(12-10-23)21-17-5-1-3-7-19(17)27-20-8-4-2-6-18(20)22-21;/h1-8,25H,9-16H2;1H. The predicted molar refractivity (Wildman–Crippen MR) is 119 cm³/mol. The summed E-state index contributed by atoms with van der Waals surface area (Å²) in [4.78, 5) is 12.4. The van der Waals surface area contributed by atoms with Crippen LogP contribution in [0, 0.1) is 0 Å². The molecule has 0 aromatic heterocycles. The van der Waals surface area contributed by atoms with E-state index < -0.39 is 0 Å². The lowest BCUT2D eigenvalue weighted by atomic mass is 10.1. The fourth-order valence-corrected chi connectivity index (χ4v) is 4.47. The van der Waals surface area contributed by atoms with Gasteiger partial charge in [0.15, 0.2) is 0 Å². The summed E-state index contributed by atoms with van der Waals surface area (Å²) in [5.41, 5.74) is 2.27. The van der Waals surface area contributed by atoms with Crippen molar-refractivity contribution in [1.82, 2.24) is 9.80 Å². The van der Waals surface area contributed by atoms with Crippen LogP contribution in [0.3, 0.4) is 0 Å². The first-order chi connectivity index (χ1) is 13.3. The zero-order chi connectivity index (χ0) is 18.5. The summed E-state index contributed by atoms with van der Waals surface area (Å²) in [5.74, 6) is 1.08. The highest BCUT2D eigenvalue weighted by molar-refractivity contribution is 8.93. The van der Waals surface area contributed by atoms with Crippen LogP contribution in [0.15, 0.2) is 63.3 Å². The van der Waals surface area contributed by atoms with Crippen molar-refractivity contribution < 1.29 is 9.84 Å². The molecule has 0 radical (unpaired) electrons. The molecule has 1 N–H and O–H groups in total. The SMILES string of the molecule is Br.OCCOCCN1CCN(C2=Nc3ccccc3Sc3ccccc32)CC1. The Morgan fingerprint density at radius 3 is 2.43 bits per heavy atom. The van der Waals surface area contributed by atoms with Gasteiger partial charge in [-0.15, -0.1) is 17.0 Å². The molecule has 0 aliphatic carbocycles. The maximum absolute atomic E-state index is 8.79. The van der Waals surface area contributed by atoms with Gasteiger partial charge in [-0.3, -0.25) is 4.90 Å². The number of amidine groups is 1. The molecule has 2 heterocycles. The van der Waals surface area contributed by atoms with Gasteiger partial charge >= 0.3 is 0 Å². The van der Waals surface area contributed by atoms with Gasteiger partial charge in [-0.1, -0.05) is 42.1 Å². The zero-order valence-corrected chi connectivity index (χ0v) is 18.3. The van der Waals surface area contributed by atoms with Gasteiger partial charge in [0.25, 0.3) is 0 Å². The number of para-hydroxylation sites is 1. The Labute approximate surface area is 181 Å². The molecule has 5 nitrogen and oxygen atoms in total. The normalized spacial score (nSPS) is 16.5. The Balaban J connectivity index is 0.00000225. The third kappa shape index (κ3) is 4.96. The highest BCUT2D eigenvalue weighted by atomic mass is 79.9. The van der Waals surface area contributed by atoms with Crippen LogP contribution in [0.4, 0.5) is 5.69 Å². The van der Waals surface area contributed by atoms with Gasteiger partial charge < -0.3 is 14.7 Å². The minimum absolute atomic E-state index is 0. The number of ether oxygens (including phenoxy) is 1. The number of fused-ring (bicyclic) bond motifs is 2. The average Bonchev–Trinajstić information content (AvgIpc) is 2.88. The first-order valence-corrected chi connectivity index (χ1v) is 10.3. The van der Waals surface area contributed by atoms with Gasteiger partial charge in [-0.2, -0.15) is 0 Å². The van der Waals surface area contributed by atoms with Crippen molar-refractivity contribution >= 4 is 40.3 Å². The summed E-state index contributed by atoms with van der Waals surface area (Å²) in [6.07, 6.45) is 0. The number of piperazine rings is 1. The molecular weight excluding hydrogens is 438 g/mol. The molecule has 28 heavy (non-hydrogen) atoms. The van der Waals surface area contributed by atoms with E-state index in [4.69, 9.17) is 14.8 Å². The Morgan fingerprint density at radius 2 is 1.64 bits per heavy atom. The van der Waals surface area contributed by atoms with Crippen LogP contribution in [0.25, 0.3) is 0 Å². The maximum atomic E-state index is 8.79. The molecule has 0 saturated carbocycles. The van der Waals surface area contributed by atoms with Gasteiger partial charge in [0.1, 0.15) is 5.84 Å². The topological polar surface area (TPSA) is 48.3 Å². The van der Waals surface area contributed by atoms with Crippen LogP contribution in [0.1, 0.15) is 5.56 Å². The van der Waals surface area contributed by atoms with Gasteiger partial charge in [0.05, 0.1) is 25.5 Å². The Hall–Kier alpha value is -1.38. The summed E-state index contributed by atoms with van der Waals surface area (Å²) in [7, 11) is 0. The molecule has 2 aromatic carbocycles. The number of aliphatic hydroxyl groups excluding tert-OH is 1. The van der Waals surface area contributed by atoms with E-state index in [9.17, 15) is 0 Å². The van der Waals surface area contributed by atoms with Gasteiger partial charge in [-0.05, 0) is 18.2 Å². The van der Waals surface area contributed by atoms with Gasteiger partial charge in [0.2, 0.25) is 0 Å². The molecule has 0 spiro atoms. The number of benzene rings is 2. The molecule has 7 heteroatoms. The van der Waals surface area contributed by atoms with Crippen molar-refractivity contribution in [2.24, 2.45) is 4.99 Å². The second-order valence-corrected chi connectivity index (χ2v) is 7.75. The van der Waals surface area contributed by atoms with Crippen LogP contribution in [-0.4, -0.2) is 73.3 Å². The number of halogens is 1. The van der Waals surface area contributed by atoms with E-state index >= 15 is 0 Å². The molecule has 1 fully saturated rings. The largest absolute Gasteiger partial charge is 0.394 e. The van der Waals surface area contributed by atoms with Gasteiger partial charge in [-0.25, -0.2) is 4.99 Å². The van der Waals surface area contributed by atoms with Crippen molar-refractivity contribution in [3.05, 3.63) is 54.1 Å². The number of rotatable bonds is 5. The second kappa shape index (κ2) is 10.4. The highest BCUT2D eigenvalue weighted by Gasteiger charge is 2.24. The van der Waals surface area contributed by atoms with Crippen LogP contribution < -0.4 is 0 Å². The quantitative estimate of drug-likeness (QED) is 0.688. The van der Waals surface area contributed by atoms with Crippen molar-refractivity contribution in [3.8, 4) is 0 Å². The van der Waals surface area contributed by atoms with E-state index in [0.29, 0.717) is 13.2 Å². The van der Waals surface area contributed by atoms with Crippen molar-refractivity contribution in [2.45, 2.75) is 9.79 Å². The van der Waals surface area contributed by atoms with Crippen LogP contribution in [-0.2, 0) is 4.74 Å². The Kier molecular flexibility index (Phi) is 7.93. The average molecular weight is 464 g/mol. The molecule has 2 aromatic rings. The maximum Gasteiger partial charge on any atom is 0.137 e. The number of nitrogens with zero attached hydrogens (tertiary/aromatic N) is 3. The summed E-state index contributed by atoms with van der Waals surface area (Å²) in [6.45, 7) is 6.01. The van der Waals surface area contributed by atoms with E-state index in [-0.39, 0.29) is 23.6 Å². The van der Waals surface area contributed by atoms with Crippen molar-refractivity contribution in [1.29, 1.82) is 0 Å². The van der Waals surface area contributed by atoms with Crippen LogP contribution >= 0.6 is 28.7 Å². The summed E-state index contributed by atoms with van der Waals surface area (Å²) >= 11 is 1.80. The Morgan fingerprint density at radius 1 is 0.929 bits per heavy atom. The number of aliphatic hydroxyl groups is 1. The molecule has 1 saturated heterocycles. The fourth-order valence-electron chi connectivity index (χ4n) is 3.45. The molecular formula is C21H26BrN3O2S. The van der Waals surface area contributed by atoms with E-state index in [1.165, 1.54) is 15.4 Å². The molecule has 0 amide bonds. The number of hydrogen-bond donors (Lipinski definition) is 1. The number of aliphatic imine (C=N–C) groups is 1. The molecule has 2 aliphatic heterocycles. The summed E-state index contributed by atoms with van der Waals surface area (Å²) in [6, 6.07) is 16.9. The molecule has 4 rings (SSSR count). The molecule has 0 unspecified atom stereocenters. The zero-order valence-electron chi connectivity index (χ0n) is 15.8. The smallest absolute Gasteiger partial charge is 0.137 e. The lowest BCUT2D eigenvalue weighted by molar-refractivity contribution is 0.0652. The summed E-state index contributed by atoms with van der Waals surface area (Å²) < 4.78 is 5.40. The molecule has 0 atom stereocenters. The van der Waals surface area contributed by atoms with Gasteiger partial charge in [0, 0.05) is 48.1 Å². The number of hydrogen-bond acceptors (Lipinski definition) is 6.